The second kappa shape index (κ2) is 5.89. The van der Waals surface area contributed by atoms with E-state index in [0.29, 0.717) is 0 Å². The number of H-pyrrole nitrogens is 1. The third kappa shape index (κ3) is 2.41. The van der Waals surface area contributed by atoms with Gasteiger partial charge in [-0.3, -0.25) is 0 Å². The molecule has 0 saturated carbocycles. The number of thiophene rings is 1. The molecule has 1 aromatic carbocycles. The minimum absolute atomic E-state index is 0.133. The maximum absolute atomic E-state index is 4.56. The van der Waals surface area contributed by atoms with Gasteiger partial charge in [-0.2, -0.15) is 0 Å². The van der Waals surface area contributed by atoms with Crippen LogP contribution in [0.25, 0.3) is 6.08 Å². The Morgan fingerprint density at radius 1 is 1.26 bits per heavy atom. The van der Waals surface area contributed by atoms with Crippen LogP contribution < -0.4 is 0 Å². The van der Waals surface area contributed by atoms with Crippen molar-refractivity contribution in [3.63, 3.8) is 0 Å². The summed E-state index contributed by atoms with van der Waals surface area (Å²) >= 11 is 1.77. The molecule has 3 nitrogen and oxygen atoms in total. The van der Waals surface area contributed by atoms with E-state index >= 15 is 0 Å². The van der Waals surface area contributed by atoms with E-state index in [4.69, 9.17) is 0 Å². The third-order valence-corrected chi connectivity index (χ3v) is 5.21. The molecule has 4 rings (SSSR count). The van der Waals surface area contributed by atoms with E-state index in [1.807, 2.05) is 18.6 Å². The van der Waals surface area contributed by atoms with Crippen molar-refractivity contribution >= 4 is 17.4 Å². The van der Waals surface area contributed by atoms with Gasteiger partial charge in [0.15, 0.2) is 0 Å². The molecule has 0 radical (unpaired) electrons. The highest BCUT2D eigenvalue weighted by atomic mass is 32.1. The lowest BCUT2D eigenvalue weighted by Crippen LogP contribution is -2.28. The summed E-state index contributed by atoms with van der Waals surface area (Å²) in [6, 6.07) is 12.9. The van der Waals surface area contributed by atoms with Gasteiger partial charge < -0.3 is 9.88 Å². The van der Waals surface area contributed by atoms with E-state index in [0.717, 1.165) is 5.82 Å². The van der Waals surface area contributed by atoms with Crippen LogP contribution in [0.5, 0.6) is 0 Å². The Morgan fingerprint density at radius 2 is 2.17 bits per heavy atom. The van der Waals surface area contributed by atoms with Gasteiger partial charge in [-0.25, -0.2) is 4.98 Å². The topological polar surface area (TPSA) is 31.9 Å². The van der Waals surface area contributed by atoms with E-state index in [2.05, 4.69) is 75.5 Å². The van der Waals surface area contributed by atoms with Gasteiger partial charge in [-0.1, -0.05) is 36.9 Å². The maximum atomic E-state index is 4.56. The number of fused-ring (bicyclic) bond motifs is 1. The summed E-state index contributed by atoms with van der Waals surface area (Å²) in [4.78, 5) is 11.3. The number of aromatic nitrogens is 2. The van der Waals surface area contributed by atoms with Gasteiger partial charge in [-0.15, -0.1) is 11.3 Å². The molecule has 3 heterocycles. The van der Waals surface area contributed by atoms with Crippen molar-refractivity contribution in [1.29, 1.82) is 0 Å². The normalized spacial score (nSPS) is 17.7. The Hall–Kier alpha value is -2.59. The first-order valence-electron chi connectivity index (χ1n) is 7.58. The van der Waals surface area contributed by atoms with Crippen LogP contribution in [0.15, 0.2) is 73.2 Å². The fraction of sp³-hybridized carbons (Fsp3) is 0.105. The largest absolute Gasteiger partial charge is 0.348 e. The SMILES string of the molecule is C=CN1C=Cc2ccccc2C1C(c1ncc[nH]1)c1cccs1. The molecule has 0 saturated heterocycles. The minimum atomic E-state index is 0.133. The van der Waals surface area contributed by atoms with Crippen LogP contribution in [0.2, 0.25) is 0 Å². The van der Waals surface area contributed by atoms with Crippen LogP contribution in [0.3, 0.4) is 0 Å². The summed E-state index contributed by atoms with van der Waals surface area (Å²) in [6.07, 6.45) is 9.84. The molecule has 0 aliphatic carbocycles. The van der Waals surface area contributed by atoms with Crippen molar-refractivity contribution in [2.75, 3.05) is 0 Å². The van der Waals surface area contributed by atoms with Crippen LogP contribution in [-0.4, -0.2) is 14.9 Å². The number of rotatable bonds is 4. The first-order valence-corrected chi connectivity index (χ1v) is 8.46. The molecule has 2 aromatic heterocycles. The highest BCUT2D eigenvalue weighted by Crippen LogP contribution is 2.44. The Morgan fingerprint density at radius 3 is 2.91 bits per heavy atom. The Kier molecular flexibility index (Phi) is 3.60. The molecular formula is C19H17N3S. The molecule has 1 aliphatic heterocycles. The monoisotopic (exact) mass is 319 g/mol. The Labute approximate surface area is 139 Å². The predicted octanol–water partition coefficient (Wildman–Crippen LogP) is 4.77. The molecule has 114 valence electrons. The van der Waals surface area contributed by atoms with Crippen LogP contribution in [0.1, 0.15) is 33.8 Å². The van der Waals surface area contributed by atoms with Gasteiger partial charge in [0, 0.05) is 23.5 Å². The Bertz CT molecular complexity index is 784. The summed E-state index contributed by atoms with van der Waals surface area (Å²) in [5.41, 5.74) is 2.55. The molecule has 0 amide bonds. The van der Waals surface area contributed by atoms with E-state index in [1.54, 1.807) is 11.3 Å². The van der Waals surface area contributed by atoms with Gasteiger partial charge in [-0.05, 0) is 34.8 Å². The van der Waals surface area contributed by atoms with Crippen LogP contribution >= 0.6 is 11.3 Å². The highest BCUT2D eigenvalue weighted by Gasteiger charge is 2.34. The first kappa shape index (κ1) is 14.0. The number of nitrogens with one attached hydrogen (secondary N) is 1. The van der Waals surface area contributed by atoms with E-state index in [1.165, 1.54) is 16.0 Å². The molecule has 1 aliphatic rings. The van der Waals surface area contributed by atoms with Crippen molar-refractivity contribution in [3.8, 4) is 0 Å². The van der Waals surface area contributed by atoms with E-state index < -0.39 is 0 Å². The second-order valence-electron chi connectivity index (χ2n) is 5.49. The zero-order valence-electron chi connectivity index (χ0n) is 12.6. The molecule has 1 N–H and O–H groups in total. The van der Waals surface area contributed by atoms with Crippen molar-refractivity contribution in [1.82, 2.24) is 14.9 Å². The van der Waals surface area contributed by atoms with Gasteiger partial charge in [0.05, 0.1) is 12.0 Å². The summed E-state index contributed by atoms with van der Waals surface area (Å²) < 4.78 is 0. The fourth-order valence-electron chi connectivity index (χ4n) is 3.23. The number of nitrogens with zero attached hydrogens (tertiary/aromatic N) is 2. The minimum Gasteiger partial charge on any atom is -0.348 e. The van der Waals surface area contributed by atoms with Gasteiger partial charge in [0.25, 0.3) is 0 Å². The standard InChI is InChI=1S/C19H17N3S/c1-2-22-12-9-14-6-3-4-7-15(14)18(22)17(16-8-5-13-23-16)19-20-10-11-21-19/h2-13,17-18H,1H2,(H,20,21). The number of imidazole rings is 1. The average Bonchev–Trinajstić information content (AvgIpc) is 3.29. The summed E-state index contributed by atoms with van der Waals surface area (Å²) in [5, 5.41) is 2.12. The number of hydrogen-bond donors (Lipinski definition) is 1. The third-order valence-electron chi connectivity index (χ3n) is 4.25. The van der Waals surface area contributed by atoms with E-state index in [-0.39, 0.29) is 12.0 Å². The lowest BCUT2D eigenvalue weighted by molar-refractivity contribution is 0.335. The van der Waals surface area contributed by atoms with Gasteiger partial charge in [0.2, 0.25) is 0 Å². The molecular weight excluding hydrogens is 302 g/mol. The number of benzene rings is 1. The average molecular weight is 319 g/mol. The molecule has 4 heteroatoms. The van der Waals surface area contributed by atoms with Crippen molar-refractivity contribution in [3.05, 3.63) is 95.0 Å². The van der Waals surface area contributed by atoms with E-state index in [9.17, 15) is 0 Å². The zero-order chi connectivity index (χ0) is 15.6. The summed E-state index contributed by atoms with van der Waals surface area (Å²) in [6.45, 7) is 4.00. The van der Waals surface area contributed by atoms with Gasteiger partial charge in [0.1, 0.15) is 5.82 Å². The van der Waals surface area contributed by atoms with Crippen molar-refractivity contribution < 1.29 is 0 Å². The molecule has 0 bridgehead atoms. The van der Waals surface area contributed by atoms with Crippen molar-refractivity contribution in [2.24, 2.45) is 0 Å². The van der Waals surface area contributed by atoms with Crippen LogP contribution in [-0.2, 0) is 0 Å². The molecule has 23 heavy (non-hydrogen) atoms. The second-order valence-corrected chi connectivity index (χ2v) is 6.47. The Balaban J connectivity index is 1.90. The maximum Gasteiger partial charge on any atom is 0.116 e. The molecule has 2 atom stereocenters. The summed E-state index contributed by atoms with van der Waals surface area (Å²) in [5.74, 6) is 1.11. The van der Waals surface area contributed by atoms with Crippen molar-refractivity contribution in [2.45, 2.75) is 12.0 Å². The predicted molar refractivity (Wildman–Crippen MR) is 95.0 cm³/mol. The fourth-order valence-corrected chi connectivity index (χ4v) is 4.09. The lowest BCUT2D eigenvalue weighted by atomic mass is 9.85. The zero-order valence-corrected chi connectivity index (χ0v) is 13.4. The molecule has 0 fully saturated rings. The smallest absolute Gasteiger partial charge is 0.116 e. The molecule has 2 unspecified atom stereocenters. The van der Waals surface area contributed by atoms with Crippen LogP contribution in [0, 0.1) is 0 Å². The number of aromatic amines is 1. The first-order chi connectivity index (χ1) is 11.4. The summed E-state index contributed by atoms with van der Waals surface area (Å²) in [7, 11) is 0. The van der Waals surface area contributed by atoms with Crippen LogP contribution in [0.4, 0.5) is 0 Å². The number of hydrogen-bond acceptors (Lipinski definition) is 3. The highest BCUT2D eigenvalue weighted by molar-refractivity contribution is 7.10. The van der Waals surface area contributed by atoms with Gasteiger partial charge >= 0.3 is 0 Å². The molecule has 0 spiro atoms. The molecule has 3 aromatic rings. The quantitative estimate of drug-likeness (QED) is 0.751. The lowest BCUT2D eigenvalue weighted by Gasteiger charge is -2.36.